The highest BCUT2D eigenvalue weighted by atomic mass is 16.5. The van der Waals surface area contributed by atoms with Crippen molar-refractivity contribution in [3.05, 3.63) is 106 Å². The van der Waals surface area contributed by atoms with Gasteiger partial charge >= 0.3 is 6.03 Å². The first-order valence-electron chi connectivity index (χ1n) is 15.2. The fourth-order valence-corrected chi connectivity index (χ4v) is 5.20. The van der Waals surface area contributed by atoms with E-state index >= 15 is 0 Å². The van der Waals surface area contributed by atoms with Crippen LogP contribution in [-0.2, 0) is 13.0 Å². The molecular weight excluding hydrogens is 566 g/mol. The van der Waals surface area contributed by atoms with Crippen molar-refractivity contribution >= 4 is 17.7 Å². The van der Waals surface area contributed by atoms with Gasteiger partial charge < -0.3 is 25.7 Å². The molecule has 0 saturated heterocycles. The van der Waals surface area contributed by atoms with E-state index in [0.717, 1.165) is 40.8 Å². The smallest absolute Gasteiger partial charge is 0.318 e. The molecule has 0 aliphatic rings. The molecule has 9 heteroatoms. The van der Waals surface area contributed by atoms with E-state index in [1.165, 1.54) is 19.6 Å². The van der Waals surface area contributed by atoms with Gasteiger partial charge in [-0.05, 0) is 92.6 Å². The predicted molar refractivity (Wildman–Crippen MR) is 178 cm³/mol. The van der Waals surface area contributed by atoms with Gasteiger partial charge in [0.15, 0.2) is 5.78 Å². The molecule has 0 aliphatic carbocycles. The van der Waals surface area contributed by atoms with Crippen molar-refractivity contribution in [3.63, 3.8) is 0 Å². The lowest BCUT2D eigenvalue weighted by Gasteiger charge is -2.28. The van der Waals surface area contributed by atoms with Crippen LogP contribution in [0, 0.1) is 13.8 Å². The fourth-order valence-electron chi connectivity index (χ4n) is 5.20. The number of hydrogen-bond acceptors (Lipinski definition) is 5. The van der Waals surface area contributed by atoms with E-state index in [-0.39, 0.29) is 23.8 Å². The number of urea groups is 1. The molecular formula is C36H45N5O4. The maximum absolute atomic E-state index is 13.0. The number of methoxy groups -OCH3 is 1. The van der Waals surface area contributed by atoms with Crippen LogP contribution in [0.15, 0.2) is 66.9 Å². The molecule has 4 rings (SSSR count). The monoisotopic (exact) mass is 611 g/mol. The minimum Gasteiger partial charge on any atom is -0.496 e. The second kappa shape index (κ2) is 16.2. The summed E-state index contributed by atoms with van der Waals surface area (Å²) in [7, 11) is 1.54. The first-order chi connectivity index (χ1) is 21.5. The lowest BCUT2D eigenvalue weighted by Crippen LogP contribution is -2.41. The highest BCUT2D eigenvalue weighted by Crippen LogP contribution is 2.26. The number of imidazole rings is 1. The summed E-state index contributed by atoms with van der Waals surface area (Å²) in [5.41, 5.74) is 12.7. The third-order valence-corrected chi connectivity index (χ3v) is 7.66. The van der Waals surface area contributed by atoms with E-state index in [2.05, 4.69) is 22.2 Å². The molecule has 1 heterocycles. The number of nitrogens with one attached hydrogen (secondary N) is 2. The summed E-state index contributed by atoms with van der Waals surface area (Å²) in [5, 5.41) is 2.96. The number of nitrogens with zero attached hydrogens (tertiary/aromatic N) is 2. The van der Waals surface area contributed by atoms with Crippen molar-refractivity contribution < 1.29 is 19.1 Å². The maximum Gasteiger partial charge on any atom is 0.318 e. The molecule has 45 heavy (non-hydrogen) atoms. The second-order valence-electron chi connectivity index (χ2n) is 11.0. The molecule has 1 atom stereocenters. The average Bonchev–Trinajstić information content (AvgIpc) is 3.53. The Morgan fingerprint density at radius 3 is 2.24 bits per heavy atom. The number of Topliss-reactive ketones (excluding diaryl/α,β-unsaturated/α-hetero) is 1. The van der Waals surface area contributed by atoms with Crippen LogP contribution in [0.25, 0.3) is 11.3 Å². The van der Waals surface area contributed by atoms with Gasteiger partial charge in [0.05, 0.1) is 30.6 Å². The van der Waals surface area contributed by atoms with Crippen molar-refractivity contribution in [2.45, 2.75) is 67.0 Å². The van der Waals surface area contributed by atoms with E-state index < -0.39 is 0 Å². The third-order valence-electron chi connectivity index (χ3n) is 7.66. The highest BCUT2D eigenvalue weighted by molar-refractivity contribution is 5.97. The van der Waals surface area contributed by atoms with Crippen molar-refractivity contribution in [3.8, 4) is 17.0 Å². The molecule has 3 amide bonds. The molecule has 4 N–H and O–H groups in total. The molecule has 1 unspecified atom stereocenters. The topological polar surface area (TPSA) is 130 Å². The Balaban J connectivity index is 0.000000355. The van der Waals surface area contributed by atoms with Crippen molar-refractivity contribution in [1.29, 1.82) is 0 Å². The fraction of sp³-hybridized carbons (Fsp3) is 0.333. The van der Waals surface area contributed by atoms with Crippen LogP contribution in [-0.4, -0.2) is 46.2 Å². The first-order valence-corrected chi connectivity index (χ1v) is 15.2. The molecule has 0 radical (unpaired) electrons. The first kappa shape index (κ1) is 34.6. The molecule has 9 nitrogen and oxygen atoms in total. The van der Waals surface area contributed by atoms with Crippen LogP contribution in [0.5, 0.6) is 5.75 Å². The van der Waals surface area contributed by atoms with Crippen LogP contribution in [0.2, 0.25) is 0 Å². The molecule has 0 saturated carbocycles. The zero-order chi connectivity index (χ0) is 33.1. The van der Waals surface area contributed by atoms with E-state index in [0.29, 0.717) is 35.8 Å². The number of carbonyl (C=O) groups is 3. The summed E-state index contributed by atoms with van der Waals surface area (Å²) in [5.74, 6) is 0.775. The predicted octanol–water partition coefficient (Wildman–Crippen LogP) is 6.94. The van der Waals surface area contributed by atoms with Crippen LogP contribution >= 0.6 is 0 Å². The van der Waals surface area contributed by atoms with Gasteiger partial charge in [-0.2, -0.15) is 0 Å². The normalized spacial score (nSPS) is 11.2. The second-order valence-corrected chi connectivity index (χ2v) is 11.0. The molecule has 0 aliphatic heterocycles. The van der Waals surface area contributed by atoms with Crippen LogP contribution in [0.1, 0.15) is 89.0 Å². The van der Waals surface area contributed by atoms with Gasteiger partial charge in [-0.3, -0.25) is 9.59 Å². The lowest BCUT2D eigenvalue weighted by atomic mass is 9.97. The largest absolute Gasteiger partial charge is 0.496 e. The number of aryl methyl sites for hydroxylation is 2. The number of carbonyl (C=O) groups excluding carboxylic acids is 3. The number of primary amides is 1. The Morgan fingerprint density at radius 2 is 1.69 bits per heavy atom. The Bertz CT molecular complexity index is 1590. The third kappa shape index (κ3) is 9.04. The molecule has 4 aromatic rings. The number of hydrogen-bond donors (Lipinski definition) is 3. The summed E-state index contributed by atoms with van der Waals surface area (Å²) >= 11 is 0. The minimum atomic E-state index is -0.353. The number of nitrogens with two attached hydrogens (primary N) is 1. The SMILES string of the molecule is CCCNC(=O)N(Cc1ccc(OC)c(C(C)=O)c1)C(C)c1ncc(-c2ccccc2)[nH]1.CCc1c(C)cc(C(N)=O)cc1C. The summed E-state index contributed by atoms with van der Waals surface area (Å²) in [6, 6.07) is 18.6. The Labute approximate surface area is 266 Å². The van der Waals surface area contributed by atoms with Gasteiger partial charge in [0.2, 0.25) is 5.91 Å². The summed E-state index contributed by atoms with van der Waals surface area (Å²) in [4.78, 5) is 45.6. The van der Waals surface area contributed by atoms with E-state index in [1.54, 1.807) is 23.2 Å². The number of rotatable bonds is 11. The minimum absolute atomic E-state index is 0.0859. The van der Waals surface area contributed by atoms with Crippen LogP contribution < -0.4 is 15.8 Å². The Morgan fingerprint density at radius 1 is 1.02 bits per heavy atom. The van der Waals surface area contributed by atoms with Crippen molar-refractivity contribution in [1.82, 2.24) is 20.2 Å². The lowest BCUT2D eigenvalue weighted by molar-refractivity contribution is 0.0995. The van der Waals surface area contributed by atoms with E-state index in [9.17, 15) is 14.4 Å². The number of aromatic amines is 1. The average molecular weight is 612 g/mol. The number of H-pyrrole nitrogens is 1. The van der Waals surface area contributed by atoms with Gasteiger partial charge in [-0.25, -0.2) is 9.78 Å². The van der Waals surface area contributed by atoms with E-state index in [1.807, 2.05) is 76.2 Å². The van der Waals surface area contributed by atoms with Crippen LogP contribution in [0.4, 0.5) is 4.79 Å². The van der Waals surface area contributed by atoms with E-state index in [4.69, 9.17) is 10.5 Å². The summed E-state index contributed by atoms with van der Waals surface area (Å²) in [6.45, 7) is 12.5. The highest BCUT2D eigenvalue weighted by Gasteiger charge is 2.25. The zero-order valence-electron chi connectivity index (χ0n) is 27.4. The molecule has 1 aromatic heterocycles. The molecule has 0 bridgehead atoms. The Kier molecular flexibility index (Phi) is 12.5. The number of amides is 3. The van der Waals surface area contributed by atoms with Gasteiger partial charge in [0.25, 0.3) is 0 Å². The van der Waals surface area contributed by atoms with Gasteiger partial charge in [0.1, 0.15) is 11.6 Å². The molecule has 238 valence electrons. The summed E-state index contributed by atoms with van der Waals surface area (Å²) in [6.07, 6.45) is 3.62. The number of benzene rings is 3. The van der Waals surface area contributed by atoms with Gasteiger partial charge in [-0.15, -0.1) is 0 Å². The number of aromatic nitrogens is 2. The standard InChI is InChI=1S/C25H30N4O3.C11H15NO/c1-5-13-26-25(31)29(16-19-11-12-23(32-4)21(14-19)18(3)30)17(2)24-27-15-22(28-24)20-9-7-6-8-10-20;1-4-10-7(2)5-9(11(12)13)6-8(10)3/h6-12,14-15,17H,5,13,16H2,1-4H3,(H,26,31)(H,27,28);5-6H,4H2,1-3H3,(H2,12,13). The quantitative estimate of drug-likeness (QED) is 0.158. The van der Waals surface area contributed by atoms with Gasteiger partial charge in [-0.1, -0.05) is 50.2 Å². The Hall–Kier alpha value is -4.92. The molecule has 0 spiro atoms. The number of ether oxygens (including phenoxy) is 1. The maximum atomic E-state index is 13.0. The molecule has 3 aromatic carbocycles. The number of ketones is 1. The molecule has 0 fully saturated rings. The van der Waals surface area contributed by atoms with Gasteiger partial charge in [0, 0.05) is 18.7 Å². The summed E-state index contributed by atoms with van der Waals surface area (Å²) < 4.78 is 5.30. The van der Waals surface area contributed by atoms with Crippen molar-refractivity contribution in [2.75, 3.05) is 13.7 Å². The van der Waals surface area contributed by atoms with Crippen molar-refractivity contribution in [2.24, 2.45) is 5.73 Å². The van der Waals surface area contributed by atoms with Crippen LogP contribution in [0.3, 0.4) is 0 Å². The zero-order valence-corrected chi connectivity index (χ0v) is 27.4.